The third kappa shape index (κ3) is 7.49. The van der Waals surface area contributed by atoms with Crippen LogP contribution in [0.4, 0.5) is 0 Å². The maximum absolute atomic E-state index is 6.55. The van der Waals surface area contributed by atoms with Gasteiger partial charge in [0.15, 0.2) is 0 Å². The molecule has 0 radical (unpaired) electrons. The third-order valence-corrected chi connectivity index (χ3v) is 16.8. The predicted molar refractivity (Wildman–Crippen MR) is 346 cm³/mol. The molecule has 0 saturated carbocycles. The fourth-order valence-corrected chi connectivity index (χ4v) is 13.0. The quantitative estimate of drug-likeness (QED) is 0.155. The highest BCUT2D eigenvalue weighted by Gasteiger charge is 2.21. The van der Waals surface area contributed by atoms with Gasteiger partial charge in [0.25, 0.3) is 0 Å². The average molecular weight is 1070 g/mol. The molecule has 0 aliphatic carbocycles. The minimum absolute atomic E-state index is 0.904. The van der Waals surface area contributed by atoms with Gasteiger partial charge in [0.2, 0.25) is 0 Å². The molecule has 7 nitrogen and oxygen atoms in total. The summed E-state index contributed by atoms with van der Waals surface area (Å²) in [6, 6.07) is 91.8. The van der Waals surface area contributed by atoms with Crippen molar-refractivity contribution in [3.63, 3.8) is 0 Å². The van der Waals surface area contributed by atoms with E-state index in [9.17, 15) is 0 Å². The van der Waals surface area contributed by atoms with Crippen molar-refractivity contribution in [2.24, 2.45) is 0 Å². The molecule has 0 N–H and O–H groups in total. The Kier molecular flexibility index (Phi) is 10.8. The first kappa shape index (κ1) is 47.4. The Morgan fingerprint density at radius 2 is 0.679 bits per heavy atom. The molecule has 84 heavy (non-hydrogen) atoms. The van der Waals surface area contributed by atoms with E-state index in [0.717, 1.165) is 132 Å². The highest BCUT2D eigenvalue weighted by molar-refractivity contribution is 6.25. The van der Waals surface area contributed by atoms with E-state index < -0.39 is 0 Å². The number of hydrogen-bond acceptors (Lipinski definition) is 5. The van der Waals surface area contributed by atoms with Crippen LogP contribution < -0.4 is 0 Å². The lowest BCUT2D eigenvalue weighted by molar-refractivity contribution is 0.672. The fourth-order valence-electron chi connectivity index (χ4n) is 13.0. The SMILES string of the molecule is c1cc(-c2cncc(-c3cccc(-n4c5ccccc5c5c6oc7ccccc7c6ccc54)c3)c2)cc(-n2c3ccccc3c3c4oc5ccccc5c4ccc32)c1.c1ccc(-c2ccnc3c2ccc2c(-c4ccccc4)ccnc23)cc1. The molecule has 18 aromatic rings. The summed E-state index contributed by atoms with van der Waals surface area (Å²) in [5.74, 6) is 0. The number of furan rings is 2. The van der Waals surface area contributed by atoms with Crippen LogP contribution in [-0.2, 0) is 0 Å². The third-order valence-electron chi connectivity index (χ3n) is 16.8. The summed E-state index contributed by atoms with van der Waals surface area (Å²) >= 11 is 0. The number of hydrogen-bond donors (Lipinski definition) is 0. The van der Waals surface area contributed by atoms with Crippen molar-refractivity contribution in [2.45, 2.75) is 0 Å². The molecule has 0 aliphatic heterocycles. The maximum atomic E-state index is 6.55. The van der Waals surface area contributed by atoms with Crippen molar-refractivity contribution < 1.29 is 8.83 Å². The van der Waals surface area contributed by atoms with Gasteiger partial charge >= 0.3 is 0 Å². The van der Waals surface area contributed by atoms with E-state index in [0.29, 0.717) is 0 Å². The normalized spacial score (nSPS) is 11.8. The first-order valence-electron chi connectivity index (χ1n) is 28.3. The van der Waals surface area contributed by atoms with Crippen LogP contribution >= 0.6 is 0 Å². The van der Waals surface area contributed by atoms with Crippen LogP contribution in [0.5, 0.6) is 0 Å². The molecule has 11 aromatic carbocycles. The molecule has 392 valence electrons. The number of pyridine rings is 3. The van der Waals surface area contributed by atoms with Crippen LogP contribution in [0.15, 0.2) is 294 Å². The molecule has 7 heteroatoms. The summed E-state index contributed by atoms with van der Waals surface area (Å²) < 4.78 is 17.8. The van der Waals surface area contributed by atoms with Crippen molar-refractivity contribution in [2.75, 3.05) is 0 Å². The zero-order valence-corrected chi connectivity index (χ0v) is 45.2. The van der Waals surface area contributed by atoms with Gasteiger partial charge in [-0.25, -0.2) is 0 Å². The first-order chi connectivity index (χ1) is 41.7. The summed E-state index contributed by atoms with van der Waals surface area (Å²) in [5.41, 5.74) is 21.2. The van der Waals surface area contributed by atoms with Gasteiger partial charge in [0, 0.05) is 90.4 Å². The average Bonchev–Trinajstić information content (AvgIpc) is 3.31. The molecule has 0 bridgehead atoms. The monoisotopic (exact) mass is 1070 g/mol. The largest absolute Gasteiger partial charge is 0.455 e. The van der Waals surface area contributed by atoms with Crippen molar-refractivity contribution in [3.05, 3.63) is 286 Å². The molecule has 0 aliphatic rings. The van der Waals surface area contributed by atoms with Crippen LogP contribution in [-0.4, -0.2) is 24.1 Å². The molecular formula is C77H47N5O2. The Balaban J connectivity index is 0.000000178. The van der Waals surface area contributed by atoms with Crippen LogP contribution in [0.2, 0.25) is 0 Å². The van der Waals surface area contributed by atoms with E-state index in [1.807, 2.05) is 61.2 Å². The second-order valence-corrected chi connectivity index (χ2v) is 21.4. The molecule has 7 aromatic heterocycles. The Morgan fingerprint density at radius 3 is 1.15 bits per heavy atom. The zero-order valence-electron chi connectivity index (χ0n) is 45.2. The molecular weight excluding hydrogens is 1030 g/mol. The Morgan fingerprint density at radius 1 is 0.274 bits per heavy atom. The lowest BCUT2D eigenvalue weighted by Gasteiger charge is -2.12. The van der Waals surface area contributed by atoms with Crippen LogP contribution in [0, 0.1) is 0 Å². The summed E-state index contributed by atoms with van der Waals surface area (Å²) in [6.07, 6.45) is 7.67. The van der Waals surface area contributed by atoms with E-state index in [2.05, 4.69) is 244 Å². The van der Waals surface area contributed by atoms with E-state index >= 15 is 0 Å². The number of para-hydroxylation sites is 4. The molecule has 0 spiro atoms. The topological polar surface area (TPSA) is 74.8 Å². The van der Waals surface area contributed by atoms with Crippen molar-refractivity contribution in [1.29, 1.82) is 0 Å². The molecule has 0 fully saturated rings. The second kappa shape index (κ2) is 19.1. The lowest BCUT2D eigenvalue weighted by Crippen LogP contribution is -1.95. The molecule has 18 rings (SSSR count). The van der Waals surface area contributed by atoms with Crippen molar-refractivity contribution in [3.8, 4) is 55.9 Å². The van der Waals surface area contributed by atoms with Crippen LogP contribution in [0.1, 0.15) is 0 Å². The van der Waals surface area contributed by atoms with Crippen molar-refractivity contribution in [1.82, 2.24) is 24.1 Å². The van der Waals surface area contributed by atoms with Gasteiger partial charge in [-0.05, 0) is 124 Å². The molecule has 7 heterocycles. The number of rotatable bonds is 6. The standard InChI is InChI=1S/C53H31N3O2.C24H16N2/c1-5-19-44-42(17-1)50-46(25-23-40-38-15-3-7-21-48(38)57-52(40)50)55(44)36-13-9-11-32(28-36)34-27-35(31-54-30-34)33-12-10-14-37(29-33)56-45-20-6-2-18-43(45)51-47(56)26-24-41-39-16-4-8-22-49(39)58-53(41)51;1-3-7-17(8-4-1)19-13-15-25-23-21(19)11-12-22-20(14-16-26-24(22)23)18-9-5-2-6-10-18/h1-31H;1-16H. The van der Waals surface area contributed by atoms with Crippen LogP contribution in [0.25, 0.3) is 165 Å². The Bertz CT molecular complexity index is 5290. The van der Waals surface area contributed by atoms with Crippen molar-refractivity contribution >= 4 is 109 Å². The second-order valence-electron chi connectivity index (χ2n) is 21.4. The van der Waals surface area contributed by atoms with E-state index in [4.69, 9.17) is 13.8 Å². The summed E-state index contributed by atoms with van der Waals surface area (Å²) in [7, 11) is 0. The molecule has 0 amide bonds. The van der Waals surface area contributed by atoms with Crippen LogP contribution in [0.3, 0.4) is 0 Å². The predicted octanol–water partition coefficient (Wildman–Crippen LogP) is 20.5. The molecule has 0 unspecified atom stereocenters. The van der Waals surface area contributed by atoms with Gasteiger partial charge in [-0.3, -0.25) is 15.0 Å². The minimum atomic E-state index is 0.904. The van der Waals surface area contributed by atoms with Gasteiger partial charge in [0.05, 0.1) is 43.9 Å². The van der Waals surface area contributed by atoms with E-state index in [1.165, 1.54) is 33.0 Å². The highest BCUT2D eigenvalue weighted by atomic mass is 16.3. The maximum Gasteiger partial charge on any atom is 0.145 e. The summed E-state index contributed by atoms with van der Waals surface area (Å²) in [6.45, 7) is 0. The van der Waals surface area contributed by atoms with E-state index in [-0.39, 0.29) is 0 Å². The van der Waals surface area contributed by atoms with Gasteiger partial charge in [-0.2, -0.15) is 0 Å². The number of fused-ring (bicyclic) bond motifs is 17. The van der Waals surface area contributed by atoms with Gasteiger partial charge in [-0.1, -0.05) is 170 Å². The Labute approximate surface area is 481 Å². The zero-order chi connectivity index (χ0) is 55.2. The van der Waals surface area contributed by atoms with Gasteiger partial charge < -0.3 is 18.0 Å². The van der Waals surface area contributed by atoms with Gasteiger partial charge in [0.1, 0.15) is 22.3 Å². The first-order valence-corrected chi connectivity index (χ1v) is 28.3. The minimum Gasteiger partial charge on any atom is -0.455 e. The van der Waals surface area contributed by atoms with E-state index in [1.54, 1.807) is 0 Å². The number of nitrogens with zero attached hydrogens (tertiary/aromatic N) is 5. The lowest BCUT2D eigenvalue weighted by atomic mass is 9.97. The molecule has 0 saturated heterocycles. The Hall–Kier alpha value is -11.4. The number of benzene rings is 11. The number of aromatic nitrogens is 5. The van der Waals surface area contributed by atoms with Gasteiger partial charge in [-0.15, -0.1) is 0 Å². The highest BCUT2D eigenvalue weighted by Crippen LogP contribution is 2.44. The molecule has 0 atom stereocenters. The smallest absolute Gasteiger partial charge is 0.145 e. The fraction of sp³-hybridized carbons (Fsp3) is 0. The summed E-state index contributed by atoms with van der Waals surface area (Å²) in [4.78, 5) is 14.1. The summed E-state index contributed by atoms with van der Waals surface area (Å²) in [5, 5.41) is 11.4.